The van der Waals surface area contributed by atoms with Crippen molar-refractivity contribution in [2.24, 2.45) is 4.99 Å². The van der Waals surface area contributed by atoms with E-state index >= 15 is 0 Å². The molecule has 0 aliphatic rings. The molecule has 0 aliphatic carbocycles. The minimum Gasteiger partial charge on any atom is -0.465 e. The highest BCUT2D eigenvalue weighted by Crippen LogP contribution is 2.04. The van der Waals surface area contributed by atoms with Crippen molar-refractivity contribution in [3.8, 4) is 0 Å². The molecule has 0 saturated heterocycles. The molecule has 1 amide bonds. The summed E-state index contributed by atoms with van der Waals surface area (Å²) in [6.07, 6.45) is 1.86. The number of nitrogens with one attached hydrogen (secondary N) is 1. The summed E-state index contributed by atoms with van der Waals surface area (Å²) in [5, 5.41) is 2.74. The monoisotopic (exact) mass is 324 g/mol. The van der Waals surface area contributed by atoms with Crippen molar-refractivity contribution < 1.29 is 9.53 Å². The Morgan fingerprint density at radius 2 is 1.79 bits per heavy atom. The summed E-state index contributed by atoms with van der Waals surface area (Å²) in [6.45, 7) is 4.93. The maximum atomic E-state index is 12.2. The quantitative estimate of drug-likeness (QED) is 0.500. The number of carbonyl (C=O) groups excluding carboxylic acids is 1. The van der Waals surface area contributed by atoms with E-state index in [1.165, 1.54) is 5.56 Å². The van der Waals surface area contributed by atoms with Crippen molar-refractivity contribution in [3.63, 3.8) is 0 Å². The van der Waals surface area contributed by atoms with E-state index in [2.05, 4.69) is 22.4 Å². The SMILES string of the molecule is CCOC(=NCCCc1ccccc1)NC(=O)c1ccc(C)cc1. The van der Waals surface area contributed by atoms with E-state index in [9.17, 15) is 4.79 Å². The molecule has 4 heteroatoms. The largest absolute Gasteiger partial charge is 0.465 e. The number of hydrogen-bond acceptors (Lipinski definition) is 3. The van der Waals surface area contributed by atoms with Gasteiger partial charge in [-0.2, -0.15) is 0 Å². The van der Waals surface area contributed by atoms with E-state index < -0.39 is 0 Å². The zero-order valence-electron chi connectivity index (χ0n) is 14.3. The number of ether oxygens (including phenoxy) is 1. The smallest absolute Gasteiger partial charge is 0.291 e. The molecule has 0 fully saturated rings. The first-order valence-corrected chi connectivity index (χ1v) is 8.28. The standard InChI is InChI=1S/C20H24N2O2/c1-3-24-20(21-15-7-10-17-8-5-4-6-9-17)22-19(23)18-13-11-16(2)12-14-18/h4-6,8-9,11-14H,3,7,10,15H2,1-2H3,(H,21,22,23). The van der Waals surface area contributed by atoms with Gasteiger partial charge in [-0.15, -0.1) is 0 Å². The maximum Gasteiger partial charge on any atom is 0.291 e. The first-order valence-electron chi connectivity index (χ1n) is 8.28. The molecule has 1 N–H and O–H groups in total. The van der Waals surface area contributed by atoms with Gasteiger partial charge in [0.2, 0.25) is 0 Å². The van der Waals surface area contributed by atoms with E-state index in [0.29, 0.717) is 18.7 Å². The van der Waals surface area contributed by atoms with Crippen LogP contribution in [0.5, 0.6) is 0 Å². The fourth-order valence-electron chi connectivity index (χ4n) is 2.24. The molecule has 0 heterocycles. The van der Waals surface area contributed by atoms with Gasteiger partial charge in [0.1, 0.15) is 0 Å². The summed E-state index contributed by atoms with van der Waals surface area (Å²) in [5.41, 5.74) is 3.00. The van der Waals surface area contributed by atoms with Crippen LogP contribution < -0.4 is 5.32 Å². The second kappa shape index (κ2) is 9.50. The van der Waals surface area contributed by atoms with Gasteiger partial charge in [-0.05, 0) is 44.4 Å². The normalized spacial score (nSPS) is 11.2. The van der Waals surface area contributed by atoms with Crippen molar-refractivity contribution in [2.45, 2.75) is 26.7 Å². The number of amides is 1. The Bertz CT molecular complexity index is 664. The Balaban J connectivity index is 1.88. The van der Waals surface area contributed by atoms with Crippen LogP contribution in [0.2, 0.25) is 0 Å². The molecule has 0 saturated carbocycles. The second-order valence-electron chi connectivity index (χ2n) is 5.53. The van der Waals surface area contributed by atoms with Gasteiger partial charge in [0.15, 0.2) is 0 Å². The Hall–Kier alpha value is -2.62. The molecular formula is C20H24N2O2. The third-order valence-electron chi connectivity index (χ3n) is 3.54. The molecule has 0 bridgehead atoms. The zero-order chi connectivity index (χ0) is 17.2. The lowest BCUT2D eigenvalue weighted by atomic mass is 10.1. The van der Waals surface area contributed by atoms with E-state index in [-0.39, 0.29) is 11.9 Å². The third kappa shape index (κ3) is 5.88. The molecule has 4 nitrogen and oxygen atoms in total. The van der Waals surface area contributed by atoms with Gasteiger partial charge in [0.25, 0.3) is 11.9 Å². The number of aryl methyl sites for hydroxylation is 2. The number of benzene rings is 2. The summed E-state index contributed by atoms with van der Waals surface area (Å²) in [6, 6.07) is 18.0. The Kier molecular flexibility index (Phi) is 7.02. The van der Waals surface area contributed by atoms with Crippen molar-refractivity contribution in [1.82, 2.24) is 5.32 Å². The molecule has 0 radical (unpaired) electrons. The zero-order valence-corrected chi connectivity index (χ0v) is 14.3. The Morgan fingerprint density at radius 3 is 2.46 bits per heavy atom. The molecule has 0 spiro atoms. The van der Waals surface area contributed by atoms with Gasteiger partial charge in [0, 0.05) is 12.1 Å². The predicted molar refractivity (Wildman–Crippen MR) is 97.3 cm³/mol. The van der Waals surface area contributed by atoms with E-state index in [4.69, 9.17) is 4.74 Å². The average Bonchev–Trinajstić information content (AvgIpc) is 2.60. The number of rotatable bonds is 6. The summed E-state index contributed by atoms with van der Waals surface area (Å²) >= 11 is 0. The predicted octanol–water partition coefficient (Wildman–Crippen LogP) is 3.75. The summed E-state index contributed by atoms with van der Waals surface area (Å²) < 4.78 is 5.43. The second-order valence-corrected chi connectivity index (χ2v) is 5.53. The Morgan fingerprint density at radius 1 is 1.08 bits per heavy atom. The van der Waals surface area contributed by atoms with Gasteiger partial charge in [-0.3, -0.25) is 10.1 Å². The van der Waals surface area contributed by atoms with Crippen LogP contribution in [0, 0.1) is 6.92 Å². The molecule has 2 rings (SSSR count). The molecule has 126 valence electrons. The highest BCUT2D eigenvalue weighted by atomic mass is 16.5. The molecule has 0 atom stereocenters. The third-order valence-corrected chi connectivity index (χ3v) is 3.54. The van der Waals surface area contributed by atoms with Crippen molar-refractivity contribution in [2.75, 3.05) is 13.2 Å². The molecule has 2 aromatic rings. The fraction of sp³-hybridized carbons (Fsp3) is 0.300. The maximum absolute atomic E-state index is 12.2. The van der Waals surface area contributed by atoms with Crippen molar-refractivity contribution in [1.29, 1.82) is 0 Å². The summed E-state index contributed by atoms with van der Waals surface area (Å²) in [5.74, 6) is -0.203. The van der Waals surface area contributed by atoms with E-state index in [1.807, 2.05) is 44.2 Å². The lowest BCUT2D eigenvalue weighted by Crippen LogP contribution is -2.32. The van der Waals surface area contributed by atoms with Crippen molar-refractivity contribution >= 4 is 11.9 Å². The van der Waals surface area contributed by atoms with Crippen LogP contribution >= 0.6 is 0 Å². The lowest BCUT2D eigenvalue weighted by Gasteiger charge is -2.09. The highest BCUT2D eigenvalue weighted by molar-refractivity contribution is 6.04. The van der Waals surface area contributed by atoms with Gasteiger partial charge < -0.3 is 4.74 Å². The molecular weight excluding hydrogens is 300 g/mol. The number of aliphatic imine (C=N–C) groups is 1. The number of nitrogens with zero attached hydrogens (tertiary/aromatic N) is 1. The van der Waals surface area contributed by atoms with Gasteiger partial charge in [-0.1, -0.05) is 48.0 Å². The van der Waals surface area contributed by atoms with Gasteiger partial charge in [-0.25, -0.2) is 4.99 Å². The highest BCUT2D eigenvalue weighted by Gasteiger charge is 2.09. The molecule has 0 aliphatic heterocycles. The number of hydrogen-bond donors (Lipinski definition) is 1. The van der Waals surface area contributed by atoms with Gasteiger partial charge >= 0.3 is 0 Å². The number of carbonyl (C=O) groups is 1. The van der Waals surface area contributed by atoms with Crippen molar-refractivity contribution in [3.05, 3.63) is 71.3 Å². The van der Waals surface area contributed by atoms with Crippen LogP contribution in [0.25, 0.3) is 0 Å². The average molecular weight is 324 g/mol. The lowest BCUT2D eigenvalue weighted by molar-refractivity contribution is 0.0966. The molecule has 0 aromatic heterocycles. The summed E-state index contributed by atoms with van der Waals surface area (Å²) in [7, 11) is 0. The summed E-state index contributed by atoms with van der Waals surface area (Å²) in [4.78, 5) is 16.6. The number of amidine groups is 1. The van der Waals surface area contributed by atoms with Crippen LogP contribution in [-0.2, 0) is 11.2 Å². The van der Waals surface area contributed by atoms with Crippen LogP contribution in [0.15, 0.2) is 59.6 Å². The molecule has 2 aromatic carbocycles. The first-order chi connectivity index (χ1) is 11.7. The minimum atomic E-state index is -0.203. The molecule has 24 heavy (non-hydrogen) atoms. The van der Waals surface area contributed by atoms with Crippen LogP contribution in [0.3, 0.4) is 0 Å². The van der Waals surface area contributed by atoms with Crippen LogP contribution in [0.1, 0.15) is 34.8 Å². The molecule has 0 unspecified atom stereocenters. The van der Waals surface area contributed by atoms with Crippen LogP contribution in [-0.4, -0.2) is 25.1 Å². The van der Waals surface area contributed by atoms with Crippen LogP contribution in [0.4, 0.5) is 0 Å². The first kappa shape index (κ1) is 17.7. The topological polar surface area (TPSA) is 50.7 Å². The minimum absolute atomic E-state index is 0.203. The van der Waals surface area contributed by atoms with E-state index in [1.54, 1.807) is 12.1 Å². The van der Waals surface area contributed by atoms with E-state index in [0.717, 1.165) is 18.4 Å². The Labute approximate surface area is 143 Å². The fourth-order valence-corrected chi connectivity index (χ4v) is 2.24. The van der Waals surface area contributed by atoms with Gasteiger partial charge in [0.05, 0.1) is 6.61 Å².